The highest BCUT2D eigenvalue weighted by Gasteiger charge is 2.19. The fourth-order valence-electron chi connectivity index (χ4n) is 2.70. The zero-order valence-electron chi connectivity index (χ0n) is 13.2. The molecular formula is C17H25N3O2. The predicted octanol–water partition coefficient (Wildman–Crippen LogP) is 2.14. The van der Waals surface area contributed by atoms with Crippen molar-refractivity contribution in [3.05, 3.63) is 42.5 Å². The quantitative estimate of drug-likeness (QED) is 0.792. The third-order valence-corrected chi connectivity index (χ3v) is 3.94. The third kappa shape index (κ3) is 4.77. The number of methoxy groups -OCH3 is 1. The first kappa shape index (κ1) is 16.4. The van der Waals surface area contributed by atoms with Gasteiger partial charge >= 0.3 is 6.03 Å². The van der Waals surface area contributed by atoms with Gasteiger partial charge in [-0.15, -0.1) is 6.58 Å². The van der Waals surface area contributed by atoms with Crippen LogP contribution < -0.4 is 15.4 Å². The van der Waals surface area contributed by atoms with Crippen LogP contribution in [0.4, 0.5) is 4.79 Å². The molecule has 1 heterocycles. The minimum atomic E-state index is -0.118. The third-order valence-electron chi connectivity index (χ3n) is 3.94. The van der Waals surface area contributed by atoms with Crippen LogP contribution in [-0.2, 0) is 6.54 Å². The van der Waals surface area contributed by atoms with Crippen LogP contribution in [0.15, 0.2) is 36.9 Å². The molecule has 0 radical (unpaired) electrons. The molecule has 0 bridgehead atoms. The van der Waals surface area contributed by atoms with Gasteiger partial charge in [-0.25, -0.2) is 4.79 Å². The van der Waals surface area contributed by atoms with Crippen molar-refractivity contribution >= 4 is 6.03 Å². The van der Waals surface area contributed by atoms with Crippen molar-refractivity contribution in [3.63, 3.8) is 0 Å². The summed E-state index contributed by atoms with van der Waals surface area (Å²) in [5, 5.41) is 5.94. The molecule has 0 unspecified atom stereocenters. The van der Waals surface area contributed by atoms with E-state index in [4.69, 9.17) is 4.74 Å². The molecule has 22 heavy (non-hydrogen) atoms. The molecule has 1 aromatic carbocycles. The van der Waals surface area contributed by atoms with Crippen LogP contribution in [-0.4, -0.2) is 43.7 Å². The Balaban J connectivity index is 1.73. The van der Waals surface area contributed by atoms with Gasteiger partial charge in [-0.3, -0.25) is 4.90 Å². The van der Waals surface area contributed by atoms with E-state index in [-0.39, 0.29) is 12.1 Å². The molecule has 1 aliphatic heterocycles. The number of nitrogens with one attached hydrogen (secondary N) is 2. The van der Waals surface area contributed by atoms with E-state index in [1.54, 1.807) is 7.11 Å². The van der Waals surface area contributed by atoms with Crippen molar-refractivity contribution in [1.82, 2.24) is 15.5 Å². The molecule has 5 nitrogen and oxygen atoms in total. The average molecular weight is 303 g/mol. The summed E-state index contributed by atoms with van der Waals surface area (Å²) in [4.78, 5) is 14.3. The summed E-state index contributed by atoms with van der Waals surface area (Å²) < 4.78 is 5.28. The van der Waals surface area contributed by atoms with Crippen LogP contribution in [0.2, 0.25) is 0 Å². The van der Waals surface area contributed by atoms with E-state index in [0.717, 1.165) is 43.8 Å². The Kier molecular flexibility index (Phi) is 6.27. The summed E-state index contributed by atoms with van der Waals surface area (Å²) in [7, 11) is 1.63. The minimum Gasteiger partial charge on any atom is -0.496 e. The van der Waals surface area contributed by atoms with Crippen molar-refractivity contribution in [2.24, 2.45) is 0 Å². The highest BCUT2D eigenvalue weighted by atomic mass is 16.5. The maximum absolute atomic E-state index is 12.0. The number of carbonyl (C=O) groups excluding carboxylic acids is 1. The summed E-state index contributed by atoms with van der Waals surface area (Å²) in [6.07, 6.45) is 3.89. The molecule has 120 valence electrons. The van der Waals surface area contributed by atoms with Gasteiger partial charge < -0.3 is 15.4 Å². The maximum Gasteiger partial charge on any atom is 0.315 e. The van der Waals surface area contributed by atoms with E-state index < -0.39 is 0 Å². The molecule has 1 aliphatic rings. The lowest BCUT2D eigenvalue weighted by Crippen LogP contribution is -2.47. The molecular weight excluding hydrogens is 278 g/mol. The van der Waals surface area contributed by atoms with Crippen LogP contribution in [0.5, 0.6) is 5.75 Å². The highest BCUT2D eigenvalue weighted by molar-refractivity contribution is 5.74. The second-order valence-corrected chi connectivity index (χ2v) is 5.50. The van der Waals surface area contributed by atoms with Gasteiger partial charge in [0.25, 0.3) is 0 Å². The van der Waals surface area contributed by atoms with Gasteiger partial charge in [0.05, 0.1) is 7.11 Å². The van der Waals surface area contributed by atoms with Gasteiger partial charge in [0.2, 0.25) is 0 Å². The highest BCUT2D eigenvalue weighted by Crippen LogP contribution is 2.16. The summed E-state index contributed by atoms with van der Waals surface area (Å²) in [5.74, 6) is 0.792. The standard InChI is InChI=1S/C17H25N3O2/c1-3-10-20-11-8-15(9-12-20)19-17(21)18-13-14-6-4-5-7-16(14)22-2/h3-7,15H,1,8-13H2,2H3,(H2,18,19,21). The maximum atomic E-state index is 12.0. The lowest BCUT2D eigenvalue weighted by atomic mass is 10.1. The number of carbonyl (C=O) groups is 1. The van der Waals surface area contributed by atoms with Gasteiger partial charge in [-0.05, 0) is 18.9 Å². The van der Waals surface area contributed by atoms with Crippen LogP contribution in [0.1, 0.15) is 18.4 Å². The Morgan fingerprint density at radius 2 is 2.14 bits per heavy atom. The summed E-state index contributed by atoms with van der Waals surface area (Å²) >= 11 is 0. The minimum absolute atomic E-state index is 0.118. The van der Waals surface area contributed by atoms with Gasteiger partial charge in [0, 0.05) is 37.8 Å². The fourth-order valence-corrected chi connectivity index (χ4v) is 2.70. The smallest absolute Gasteiger partial charge is 0.315 e. The van der Waals surface area contributed by atoms with Gasteiger partial charge in [0.1, 0.15) is 5.75 Å². The van der Waals surface area contributed by atoms with Crippen LogP contribution in [0.3, 0.4) is 0 Å². The molecule has 0 aliphatic carbocycles. The number of hydrogen-bond acceptors (Lipinski definition) is 3. The van der Waals surface area contributed by atoms with E-state index in [1.165, 1.54) is 0 Å². The molecule has 2 N–H and O–H groups in total. The number of piperidine rings is 1. The Labute approximate surface area is 132 Å². The molecule has 1 saturated heterocycles. The molecule has 2 rings (SSSR count). The Hall–Kier alpha value is -2.01. The van der Waals surface area contributed by atoms with E-state index in [2.05, 4.69) is 22.1 Å². The molecule has 0 saturated carbocycles. The van der Waals surface area contributed by atoms with Gasteiger partial charge in [0.15, 0.2) is 0 Å². The topological polar surface area (TPSA) is 53.6 Å². The normalized spacial score (nSPS) is 16.0. The number of para-hydroxylation sites is 1. The number of benzene rings is 1. The number of rotatable bonds is 6. The zero-order chi connectivity index (χ0) is 15.8. The molecule has 2 amide bonds. The van der Waals surface area contributed by atoms with Gasteiger partial charge in [-0.2, -0.15) is 0 Å². The SMILES string of the molecule is C=CCN1CCC(NC(=O)NCc2ccccc2OC)CC1. The van der Waals surface area contributed by atoms with Crippen molar-refractivity contribution in [1.29, 1.82) is 0 Å². The van der Waals surface area contributed by atoms with Crippen molar-refractivity contribution in [2.45, 2.75) is 25.4 Å². The number of likely N-dealkylation sites (tertiary alicyclic amines) is 1. The van der Waals surface area contributed by atoms with Crippen molar-refractivity contribution in [3.8, 4) is 5.75 Å². The lowest BCUT2D eigenvalue weighted by molar-refractivity contribution is 0.204. The largest absolute Gasteiger partial charge is 0.496 e. The van der Waals surface area contributed by atoms with Crippen molar-refractivity contribution in [2.75, 3.05) is 26.7 Å². The first-order chi connectivity index (χ1) is 10.7. The Morgan fingerprint density at radius 1 is 1.41 bits per heavy atom. The van der Waals surface area contributed by atoms with Crippen LogP contribution in [0, 0.1) is 0 Å². The number of ether oxygens (including phenoxy) is 1. The number of nitrogens with zero attached hydrogens (tertiary/aromatic N) is 1. The monoisotopic (exact) mass is 303 g/mol. The summed E-state index contributed by atoms with van der Waals surface area (Å²) in [6, 6.07) is 7.83. The van der Waals surface area contributed by atoms with Gasteiger partial charge in [-0.1, -0.05) is 24.3 Å². The number of amides is 2. The fraction of sp³-hybridized carbons (Fsp3) is 0.471. The number of hydrogen-bond donors (Lipinski definition) is 2. The van der Waals surface area contributed by atoms with E-state index >= 15 is 0 Å². The molecule has 1 aromatic rings. The predicted molar refractivity (Wildman–Crippen MR) is 88.0 cm³/mol. The molecule has 0 atom stereocenters. The molecule has 5 heteroatoms. The average Bonchev–Trinajstić information content (AvgIpc) is 2.55. The molecule has 1 fully saturated rings. The first-order valence-electron chi connectivity index (χ1n) is 7.72. The molecule has 0 spiro atoms. The second kappa shape index (κ2) is 8.44. The summed E-state index contributed by atoms with van der Waals surface area (Å²) in [6.45, 7) is 7.15. The van der Waals surface area contributed by atoms with E-state index in [9.17, 15) is 4.79 Å². The van der Waals surface area contributed by atoms with Crippen LogP contribution >= 0.6 is 0 Å². The van der Waals surface area contributed by atoms with Crippen LogP contribution in [0.25, 0.3) is 0 Å². The lowest BCUT2D eigenvalue weighted by Gasteiger charge is -2.31. The Bertz CT molecular complexity index is 496. The van der Waals surface area contributed by atoms with Crippen molar-refractivity contribution < 1.29 is 9.53 Å². The van der Waals surface area contributed by atoms with E-state index in [0.29, 0.717) is 6.54 Å². The zero-order valence-corrected chi connectivity index (χ0v) is 13.2. The summed E-state index contributed by atoms with van der Waals surface area (Å²) in [5.41, 5.74) is 0.973. The second-order valence-electron chi connectivity index (χ2n) is 5.50. The first-order valence-corrected chi connectivity index (χ1v) is 7.72. The number of urea groups is 1. The molecule has 0 aromatic heterocycles. The Morgan fingerprint density at radius 3 is 2.82 bits per heavy atom. The van der Waals surface area contributed by atoms with E-state index in [1.807, 2.05) is 30.3 Å².